The maximum absolute atomic E-state index is 12.7. The van der Waals surface area contributed by atoms with Gasteiger partial charge in [0, 0.05) is 5.41 Å². The van der Waals surface area contributed by atoms with Crippen LogP contribution in [-0.4, -0.2) is 55.2 Å². The van der Waals surface area contributed by atoms with Crippen molar-refractivity contribution < 1.29 is 28.6 Å². The first kappa shape index (κ1) is 21.1. The number of ketones is 1. The molecular weight excluding hydrogens is 350 g/mol. The standard InChI is InChI=1S/C20H27NO6/c1-20(2,3)19-21(16(13-27-19)18(24)25-4)17(23)10-15(22)12-26-11-14-8-6-5-7-9-14/h5-9,16,19H,10-13H2,1-4H3/t16-,19+/m0/s1. The zero-order chi connectivity index (χ0) is 20.0. The van der Waals surface area contributed by atoms with E-state index in [0.29, 0.717) is 6.61 Å². The third kappa shape index (κ3) is 5.61. The number of Topliss-reactive ketones (excluding diaryl/α,β-unsaturated/α-hetero) is 1. The van der Waals surface area contributed by atoms with Crippen LogP contribution >= 0.6 is 0 Å². The number of hydrogen-bond acceptors (Lipinski definition) is 6. The highest BCUT2D eigenvalue weighted by Gasteiger charge is 2.47. The molecule has 1 aliphatic rings. The minimum Gasteiger partial charge on any atom is -0.467 e. The second-order valence-corrected chi connectivity index (χ2v) is 7.59. The average molecular weight is 377 g/mol. The lowest BCUT2D eigenvalue weighted by molar-refractivity contribution is -0.156. The van der Waals surface area contributed by atoms with Crippen molar-refractivity contribution in [3.63, 3.8) is 0 Å². The van der Waals surface area contributed by atoms with Gasteiger partial charge >= 0.3 is 5.97 Å². The Morgan fingerprint density at radius 2 is 1.85 bits per heavy atom. The van der Waals surface area contributed by atoms with Crippen LogP contribution < -0.4 is 0 Å². The average Bonchev–Trinajstić information content (AvgIpc) is 3.07. The maximum Gasteiger partial charge on any atom is 0.331 e. The molecule has 0 aliphatic carbocycles. The molecule has 1 aromatic carbocycles. The Balaban J connectivity index is 1.95. The van der Waals surface area contributed by atoms with Crippen LogP contribution in [0.15, 0.2) is 30.3 Å². The van der Waals surface area contributed by atoms with E-state index in [1.807, 2.05) is 51.1 Å². The number of hydrogen-bond donors (Lipinski definition) is 0. The number of nitrogens with zero attached hydrogens (tertiary/aromatic N) is 1. The van der Waals surface area contributed by atoms with Gasteiger partial charge in [0.1, 0.15) is 12.8 Å². The van der Waals surface area contributed by atoms with E-state index >= 15 is 0 Å². The van der Waals surface area contributed by atoms with Crippen LogP contribution in [0.2, 0.25) is 0 Å². The molecule has 0 spiro atoms. The Bertz CT molecular complexity index is 667. The van der Waals surface area contributed by atoms with Crippen molar-refractivity contribution >= 4 is 17.7 Å². The molecule has 7 heteroatoms. The SMILES string of the molecule is COC(=O)[C@@H]1CO[C@H](C(C)(C)C)N1C(=O)CC(=O)COCc1ccccc1. The molecule has 27 heavy (non-hydrogen) atoms. The lowest BCUT2D eigenvalue weighted by Gasteiger charge is -2.35. The van der Waals surface area contributed by atoms with E-state index in [1.165, 1.54) is 12.0 Å². The highest BCUT2D eigenvalue weighted by molar-refractivity contribution is 6.00. The first-order chi connectivity index (χ1) is 12.7. The van der Waals surface area contributed by atoms with Crippen LogP contribution in [0.25, 0.3) is 0 Å². The number of amides is 1. The number of ether oxygens (including phenoxy) is 3. The molecule has 2 atom stereocenters. The zero-order valence-corrected chi connectivity index (χ0v) is 16.3. The minimum atomic E-state index is -0.843. The van der Waals surface area contributed by atoms with E-state index in [-0.39, 0.29) is 25.4 Å². The van der Waals surface area contributed by atoms with E-state index in [2.05, 4.69) is 0 Å². The topological polar surface area (TPSA) is 82.1 Å². The van der Waals surface area contributed by atoms with Gasteiger partial charge < -0.3 is 14.2 Å². The van der Waals surface area contributed by atoms with Gasteiger partial charge in [0.05, 0.1) is 26.7 Å². The molecule has 0 unspecified atom stereocenters. The van der Waals surface area contributed by atoms with Gasteiger partial charge in [0.2, 0.25) is 5.91 Å². The molecule has 1 amide bonds. The van der Waals surface area contributed by atoms with Gasteiger partial charge in [-0.3, -0.25) is 14.5 Å². The van der Waals surface area contributed by atoms with Gasteiger partial charge in [-0.2, -0.15) is 0 Å². The van der Waals surface area contributed by atoms with Crippen molar-refractivity contribution in [2.75, 3.05) is 20.3 Å². The van der Waals surface area contributed by atoms with Crippen LogP contribution in [0.3, 0.4) is 0 Å². The summed E-state index contributed by atoms with van der Waals surface area (Å²) in [6.07, 6.45) is -0.953. The monoisotopic (exact) mass is 377 g/mol. The van der Waals surface area contributed by atoms with E-state index in [4.69, 9.17) is 14.2 Å². The number of esters is 1. The molecule has 1 aromatic rings. The van der Waals surface area contributed by atoms with E-state index in [1.54, 1.807) is 0 Å². The molecule has 1 saturated heterocycles. The zero-order valence-electron chi connectivity index (χ0n) is 16.3. The molecule has 1 aliphatic heterocycles. The third-order valence-corrected chi connectivity index (χ3v) is 4.23. The quantitative estimate of drug-likeness (QED) is 0.533. The van der Waals surface area contributed by atoms with E-state index in [9.17, 15) is 14.4 Å². The summed E-state index contributed by atoms with van der Waals surface area (Å²) in [6, 6.07) is 8.62. The van der Waals surface area contributed by atoms with Gasteiger partial charge in [-0.05, 0) is 5.56 Å². The van der Waals surface area contributed by atoms with Crippen LogP contribution in [0.1, 0.15) is 32.8 Å². The van der Waals surface area contributed by atoms with E-state index < -0.39 is 29.6 Å². The number of carbonyl (C=O) groups excluding carboxylic acids is 3. The maximum atomic E-state index is 12.7. The summed E-state index contributed by atoms with van der Waals surface area (Å²) < 4.78 is 15.8. The fourth-order valence-electron chi connectivity index (χ4n) is 2.96. The predicted molar refractivity (Wildman–Crippen MR) is 97.6 cm³/mol. The molecule has 1 fully saturated rings. The molecule has 2 rings (SSSR count). The lowest BCUT2D eigenvalue weighted by atomic mass is 9.93. The van der Waals surface area contributed by atoms with Crippen molar-refractivity contribution in [3.8, 4) is 0 Å². The minimum absolute atomic E-state index is 0.0546. The second-order valence-electron chi connectivity index (χ2n) is 7.59. The fourth-order valence-corrected chi connectivity index (χ4v) is 2.96. The molecule has 0 N–H and O–H groups in total. The van der Waals surface area contributed by atoms with E-state index in [0.717, 1.165) is 5.56 Å². The van der Waals surface area contributed by atoms with Crippen molar-refractivity contribution in [2.45, 2.75) is 46.1 Å². The van der Waals surface area contributed by atoms with Gasteiger partial charge in [0.25, 0.3) is 0 Å². The summed E-state index contributed by atoms with van der Waals surface area (Å²) in [4.78, 5) is 38.3. The van der Waals surface area contributed by atoms with Crippen LogP contribution in [0, 0.1) is 5.41 Å². The fraction of sp³-hybridized carbons (Fsp3) is 0.550. The first-order valence-corrected chi connectivity index (χ1v) is 8.88. The summed E-state index contributed by atoms with van der Waals surface area (Å²) in [5, 5.41) is 0. The Hall–Kier alpha value is -2.25. The molecule has 0 bridgehead atoms. The smallest absolute Gasteiger partial charge is 0.331 e. The van der Waals surface area contributed by atoms with Gasteiger partial charge in [-0.15, -0.1) is 0 Å². The lowest BCUT2D eigenvalue weighted by Crippen LogP contribution is -2.51. The largest absolute Gasteiger partial charge is 0.467 e. The molecule has 0 saturated carbocycles. The number of methoxy groups -OCH3 is 1. The summed E-state index contributed by atoms with van der Waals surface area (Å²) in [6.45, 7) is 5.90. The number of rotatable bonds is 7. The van der Waals surface area contributed by atoms with Crippen molar-refractivity contribution in [2.24, 2.45) is 5.41 Å². The van der Waals surface area contributed by atoms with Crippen LogP contribution in [-0.2, 0) is 35.2 Å². The molecule has 1 heterocycles. The van der Waals surface area contributed by atoms with Gasteiger partial charge in [-0.1, -0.05) is 51.1 Å². The molecular formula is C20H27NO6. The van der Waals surface area contributed by atoms with Crippen LogP contribution in [0.4, 0.5) is 0 Å². The predicted octanol–water partition coefficient (Wildman–Crippen LogP) is 1.93. The Morgan fingerprint density at radius 1 is 1.19 bits per heavy atom. The number of carbonyl (C=O) groups is 3. The molecule has 7 nitrogen and oxygen atoms in total. The third-order valence-electron chi connectivity index (χ3n) is 4.23. The highest BCUT2D eigenvalue weighted by atomic mass is 16.5. The van der Waals surface area contributed by atoms with Crippen molar-refractivity contribution in [1.29, 1.82) is 0 Å². The normalized spacial score (nSPS) is 19.8. The summed E-state index contributed by atoms with van der Waals surface area (Å²) in [7, 11) is 1.26. The number of benzene rings is 1. The molecule has 0 aromatic heterocycles. The Kier molecular flexibility index (Phi) is 7.10. The summed E-state index contributed by atoms with van der Waals surface area (Å²) >= 11 is 0. The van der Waals surface area contributed by atoms with Gasteiger partial charge in [-0.25, -0.2) is 4.79 Å². The molecule has 148 valence electrons. The van der Waals surface area contributed by atoms with Crippen LogP contribution in [0.5, 0.6) is 0 Å². The van der Waals surface area contributed by atoms with Gasteiger partial charge in [0.15, 0.2) is 11.8 Å². The second kappa shape index (κ2) is 9.10. The Morgan fingerprint density at radius 3 is 2.44 bits per heavy atom. The van der Waals surface area contributed by atoms with Crippen molar-refractivity contribution in [1.82, 2.24) is 4.90 Å². The van der Waals surface area contributed by atoms with Crippen molar-refractivity contribution in [3.05, 3.63) is 35.9 Å². The highest BCUT2D eigenvalue weighted by Crippen LogP contribution is 2.32. The summed E-state index contributed by atoms with van der Waals surface area (Å²) in [5.41, 5.74) is 0.536. The summed E-state index contributed by atoms with van der Waals surface area (Å²) in [5.74, 6) is -1.36. The molecule has 0 radical (unpaired) electrons. The first-order valence-electron chi connectivity index (χ1n) is 8.88. The Labute approximate surface area is 159 Å².